The molecule has 2 N–H and O–H groups in total. The van der Waals surface area contributed by atoms with Gasteiger partial charge in [-0.15, -0.1) is 11.8 Å². The average Bonchev–Trinajstić information content (AvgIpc) is 2.35. The Kier molecular flexibility index (Phi) is 6.03. The fraction of sp³-hybridized carbons (Fsp3) is 0.571. The summed E-state index contributed by atoms with van der Waals surface area (Å²) in [6.07, 6.45) is 2.08. The standard InChI is InChI=1S/C14H23NOS/c1-10(2)14(9-16)15-11(3)12-5-7-13(17-4)8-6-12/h5-8,10-11,14-16H,9H2,1-4H3/t11?,14-/m1/s1. The monoisotopic (exact) mass is 253 g/mol. The first kappa shape index (κ1) is 14.6. The molecule has 3 heteroatoms. The van der Waals surface area contributed by atoms with Crippen LogP contribution in [0.15, 0.2) is 29.2 Å². The van der Waals surface area contributed by atoms with Gasteiger partial charge in [-0.1, -0.05) is 26.0 Å². The molecule has 1 aromatic rings. The lowest BCUT2D eigenvalue weighted by Gasteiger charge is -2.25. The van der Waals surface area contributed by atoms with E-state index in [-0.39, 0.29) is 18.7 Å². The van der Waals surface area contributed by atoms with Crippen molar-refractivity contribution in [3.8, 4) is 0 Å². The molecule has 0 heterocycles. The average molecular weight is 253 g/mol. The molecule has 96 valence electrons. The number of thioether (sulfide) groups is 1. The quantitative estimate of drug-likeness (QED) is 0.764. The van der Waals surface area contributed by atoms with Gasteiger partial charge in [0.05, 0.1) is 6.61 Å². The molecule has 0 aliphatic heterocycles. The Hall–Kier alpha value is -0.510. The second-order valence-corrected chi connectivity index (χ2v) is 5.57. The van der Waals surface area contributed by atoms with Crippen LogP contribution in [0.3, 0.4) is 0 Å². The highest BCUT2D eigenvalue weighted by molar-refractivity contribution is 7.98. The summed E-state index contributed by atoms with van der Waals surface area (Å²) in [6.45, 7) is 6.57. The van der Waals surface area contributed by atoms with E-state index in [2.05, 4.69) is 56.6 Å². The molecule has 0 radical (unpaired) electrons. The Morgan fingerprint density at radius 3 is 2.18 bits per heavy atom. The van der Waals surface area contributed by atoms with Crippen molar-refractivity contribution in [2.45, 2.75) is 37.8 Å². The van der Waals surface area contributed by atoms with Crippen LogP contribution in [-0.2, 0) is 0 Å². The van der Waals surface area contributed by atoms with Crippen LogP contribution in [0.2, 0.25) is 0 Å². The molecule has 1 rings (SSSR count). The topological polar surface area (TPSA) is 32.3 Å². The van der Waals surface area contributed by atoms with Crippen LogP contribution in [0.1, 0.15) is 32.4 Å². The highest BCUT2D eigenvalue weighted by atomic mass is 32.2. The van der Waals surface area contributed by atoms with E-state index in [9.17, 15) is 5.11 Å². The number of nitrogens with one attached hydrogen (secondary N) is 1. The largest absolute Gasteiger partial charge is 0.395 e. The molecule has 0 amide bonds. The van der Waals surface area contributed by atoms with Gasteiger partial charge >= 0.3 is 0 Å². The van der Waals surface area contributed by atoms with Crippen LogP contribution in [0.25, 0.3) is 0 Å². The summed E-state index contributed by atoms with van der Waals surface area (Å²) in [5.41, 5.74) is 1.27. The summed E-state index contributed by atoms with van der Waals surface area (Å²) >= 11 is 1.75. The van der Waals surface area contributed by atoms with Crippen LogP contribution >= 0.6 is 11.8 Å². The van der Waals surface area contributed by atoms with Crippen LogP contribution in [-0.4, -0.2) is 24.0 Å². The van der Waals surface area contributed by atoms with Crippen molar-refractivity contribution in [2.24, 2.45) is 5.92 Å². The van der Waals surface area contributed by atoms with Crippen molar-refractivity contribution in [2.75, 3.05) is 12.9 Å². The molecule has 0 saturated carbocycles. The van der Waals surface area contributed by atoms with E-state index in [0.29, 0.717) is 5.92 Å². The zero-order chi connectivity index (χ0) is 12.8. The van der Waals surface area contributed by atoms with Gasteiger partial charge < -0.3 is 10.4 Å². The first-order valence-electron chi connectivity index (χ1n) is 6.09. The Balaban J connectivity index is 2.65. The van der Waals surface area contributed by atoms with E-state index in [1.807, 2.05) is 0 Å². The third kappa shape index (κ3) is 4.34. The number of rotatable bonds is 6. The third-order valence-corrected chi connectivity index (χ3v) is 3.82. The summed E-state index contributed by atoms with van der Waals surface area (Å²) in [6, 6.07) is 9.01. The van der Waals surface area contributed by atoms with E-state index in [0.717, 1.165) is 0 Å². The Labute approximate surface area is 109 Å². The molecule has 0 aliphatic rings. The first-order chi connectivity index (χ1) is 8.08. The van der Waals surface area contributed by atoms with Gasteiger partial charge in [-0.25, -0.2) is 0 Å². The molecular weight excluding hydrogens is 230 g/mol. The molecule has 2 atom stereocenters. The maximum atomic E-state index is 9.31. The highest BCUT2D eigenvalue weighted by Crippen LogP contribution is 2.19. The van der Waals surface area contributed by atoms with E-state index >= 15 is 0 Å². The SMILES string of the molecule is CSc1ccc(C(C)N[C@H](CO)C(C)C)cc1. The molecule has 1 aromatic carbocycles. The zero-order valence-electron chi connectivity index (χ0n) is 11.1. The summed E-state index contributed by atoms with van der Waals surface area (Å²) in [7, 11) is 0. The van der Waals surface area contributed by atoms with Gasteiger partial charge in [0.15, 0.2) is 0 Å². The van der Waals surface area contributed by atoms with Crippen LogP contribution in [0, 0.1) is 5.92 Å². The lowest BCUT2D eigenvalue weighted by atomic mass is 10.0. The molecule has 0 fully saturated rings. The van der Waals surface area contributed by atoms with Gasteiger partial charge in [0.25, 0.3) is 0 Å². The molecule has 0 bridgehead atoms. The van der Waals surface area contributed by atoms with Gasteiger partial charge in [-0.05, 0) is 36.8 Å². The maximum absolute atomic E-state index is 9.31. The minimum Gasteiger partial charge on any atom is -0.395 e. The summed E-state index contributed by atoms with van der Waals surface area (Å²) in [5, 5.41) is 12.8. The Bertz CT molecular complexity index is 323. The predicted molar refractivity (Wildman–Crippen MR) is 75.5 cm³/mol. The van der Waals surface area contributed by atoms with Crippen molar-refractivity contribution in [3.05, 3.63) is 29.8 Å². The minimum atomic E-state index is 0.158. The molecule has 0 spiro atoms. The lowest BCUT2D eigenvalue weighted by molar-refractivity contribution is 0.201. The second kappa shape index (κ2) is 7.04. The summed E-state index contributed by atoms with van der Waals surface area (Å²) in [5.74, 6) is 0.438. The number of hydrogen-bond donors (Lipinski definition) is 2. The Morgan fingerprint density at radius 1 is 1.18 bits per heavy atom. The smallest absolute Gasteiger partial charge is 0.0587 e. The number of aliphatic hydroxyl groups is 1. The van der Waals surface area contributed by atoms with E-state index < -0.39 is 0 Å². The molecule has 17 heavy (non-hydrogen) atoms. The lowest BCUT2D eigenvalue weighted by Crippen LogP contribution is -2.38. The van der Waals surface area contributed by atoms with Crippen molar-refractivity contribution >= 4 is 11.8 Å². The molecule has 0 saturated heterocycles. The molecule has 0 aromatic heterocycles. The Morgan fingerprint density at radius 2 is 1.76 bits per heavy atom. The molecule has 0 aliphatic carbocycles. The summed E-state index contributed by atoms with van der Waals surface area (Å²) < 4.78 is 0. The first-order valence-corrected chi connectivity index (χ1v) is 7.31. The van der Waals surface area contributed by atoms with Gasteiger partial charge in [0, 0.05) is 17.0 Å². The molecule has 2 nitrogen and oxygen atoms in total. The fourth-order valence-corrected chi connectivity index (χ4v) is 2.17. The van der Waals surface area contributed by atoms with E-state index in [1.165, 1.54) is 10.5 Å². The second-order valence-electron chi connectivity index (χ2n) is 4.69. The highest BCUT2D eigenvalue weighted by Gasteiger charge is 2.15. The number of hydrogen-bond acceptors (Lipinski definition) is 3. The van der Waals surface area contributed by atoms with Gasteiger partial charge in [-0.3, -0.25) is 0 Å². The zero-order valence-corrected chi connectivity index (χ0v) is 11.9. The minimum absolute atomic E-state index is 0.158. The molecule has 1 unspecified atom stereocenters. The van der Waals surface area contributed by atoms with Crippen molar-refractivity contribution < 1.29 is 5.11 Å². The number of benzene rings is 1. The third-order valence-electron chi connectivity index (χ3n) is 3.08. The van der Waals surface area contributed by atoms with E-state index in [4.69, 9.17) is 0 Å². The summed E-state index contributed by atoms with van der Waals surface area (Å²) in [4.78, 5) is 1.28. The van der Waals surface area contributed by atoms with Crippen LogP contribution < -0.4 is 5.32 Å². The molecular formula is C14H23NOS. The fourth-order valence-electron chi connectivity index (χ4n) is 1.77. The van der Waals surface area contributed by atoms with Crippen molar-refractivity contribution in [1.29, 1.82) is 0 Å². The van der Waals surface area contributed by atoms with Gasteiger partial charge in [0.2, 0.25) is 0 Å². The van der Waals surface area contributed by atoms with Gasteiger partial charge in [0.1, 0.15) is 0 Å². The van der Waals surface area contributed by atoms with Crippen LogP contribution in [0.4, 0.5) is 0 Å². The van der Waals surface area contributed by atoms with E-state index in [1.54, 1.807) is 11.8 Å². The van der Waals surface area contributed by atoms with Crippen molar-refractivity contribution in [3.63, 3.8) is 0 Å². The van der Waals surface area contributed by atoms with Gasteiger partial charge in [-0.2, -0.15) is 0 Å². The normalized spacial score (nSPS) is 14.9. The van der Waals surface area contributed by atoms with Crippen molar-refractivity contribution in [1.82, 2.24) is 5.32 Å². The van der Waals surface area contributed by atoms with Crippen LogP contribution in [0.5, 0.6) is 0 Å². The predicted octanol–water partition coefficient (Wildman–Crippen LogP) is 3.08. The maximum Gasteiger partial charge on any atom is 0.0587 e. The number of aliphatic hydroxyl groups excluding tert-OH is 1.